The lowest BCUT2D eigenvalue weighted by Gasteiger charge is -2.39. The molecule has 2 nitrogen and oxygen atoms in total. The molecule has 1 N–H and O–H groups in total. The average Bonchev–Trinajstić information content (AvgIpc) is 2.41. The molecule has 1 unspecified atom stereocenters. The lowest BCUT2D eigenvalue weighted by Crippen LogP contribution is -2.41. The van der Waals surface area contributed by atoms with Crippen LogP contribution in [0.5, 0.6) is 0 Å². The number of para-hydroxylation sites is 1. The Balaban J connectivity index is 3.06. The van der Waals surface area contributed by atoms with Crippen molar-refractivity contribution >= 4 is 14.0 Å². The number of rotatable bonds is 7. The monoisotopic (exact) mass is 303 g/mol. The van der Waals surface area contributed by atoms with Gasteiger partial charge in [-0.25, -0.2) is 0 Å². The second kappa shape index (κ2) is 7.10. The molecule has 0 radical (unpaired) electrons. The van der Waals surface area contributed by atoms with Crippen LogP contribution in [0.1, 0.15) is 32.4 Å². The summed E-state index contributed by atoms with van der Waals surface area (Å²) in [5.74, 6) is 0. The van der Waals surface area contributed by atoms with E-state index in [9.17, 15) is 0 Å². The van der Waals surface area contributed by atoms with Gasteiger partial charge in [0, 0.05) is 17.8 Å². The fraction of sp³-hybridized carbons (Fsp3) is 0.444. The molecule has 0 aliphatic rings. The van der Waals surface area contributed by atoms with Crippen LogP contribution in [-0.4, -0.2) is 14.9 Å². The highest BCUT2D eigenvalue weighted by Gasteiger charge is 2.39. The van der Waals surface area contributed by atoms with Crippen molar-refractivity contribution in [3.8, 4) is 0 Å². The van der Waals surface area contributed by atoms with Gasteiger partial charge in [0.05, 0.1) is 6.10 Å². The van der Waals surface area contributed by atoms with Gasteiger partial charge in [-0.15, -0.1) is 13.2 Å². The number of hydrogen-bond donors (Lipinski definition) is 1. The van der Waals surface area contributed by atoms with Crippen molar-refractivity contribution in [1.82, 2.24) is 0 Å². The molecule has 0 heterocycles. The van der Waals surface area contributed by atoms with Crippen LogP contribution < -0.4 is 5.32 Å². The molecule has 1 aromatic rings. The van der Waals surface area contributed by atoms with Crippen LogP contribution >= 0.6 is 0 Å². The van der Waals surface area contributed by atoms with Crippen LogP contribution in [-0.2, 0) is 4.43 Å². The van der Waals surface area contributed by atoms with Crippen LogP contribution in [0.3, 0.4) is 0 Å². The van der Waals surface area contributed by atoms with Gasteiger partial charge >= 0.3 is 0 Å². The van der Waals surface area contributed by atoms with Crippen molar-refractivity contribution < 1.29 is 4.43 Å². The zero-order valence-electron chi connectivity index (χ0n) is 14.1. The molecule has 0 aromatic heterocycles. The standard InChI is InChI=1S/C18H29NOSi/c1-8-14-19-16-13-11-10-12-15(16)17(9-2)20-21(6,7)18(3,4)5/h8-13,17,19H,1-2,14H2,3-7H3. The maximum Gasteiger partial charge on any atom is 0.193 e. The molecule has 0 aliphatic heterocycles. The van der Waals surface area contributed by atoms with E-state index in [2.05, 4.69) is 64.5 Å². The van der Waals surface area contributed by atoms with Crippen LogP contribution in [0.25, 0.3) is 0 Å². The maximum atomic E-state index is 6.51. The van der Waals surface area contributed by atoms with Gasteiger partial charge in [-0.2, -0.15) is 0 Å². The van der Waals surface area contributed by atoms with Gasteiger partial charge in [-0.3, -0.25) is 0 Å². The largest absolute Gasteiger partial charge is 0.406 e. The first-order chi connectivity index (χ1) is 9.73. The number of anilines is 1. The van der Waals surface area contributed by atoms with E-state index in [0.29, 0.717) is 0 Å². The average molecular weight is 304 g/mol. The molecule has 116 valence electrons. The van der Waals surface area contributed by atoms with E-state index in [1.54, 1.807) is 0 Å². The van der Waals surface area contributed by atoms with Crippen molar-refractivity contribution in [1.29, 1.82) is 0 Å². The summed E-state index contributed by atoms with van der Waals surface area (Å²) in [6.45, 7) is 19.8. The number of hydrogen-bond acceptors (Lipinski definition) is 2. The molecule has 0 fully saturated rings. The van der Waals surface area contributed by atoms with Gasteiger partial charge in [0.15, 0.2) is 8.32 Å². The molecule has 1 atom stereocenters. The summed E-state index contributed by atoms with van der Waals surface area (Å²) in [5.41, 5.74) is 2.22. The molecule has 0 bridgehead atoms. The molecule has 0 saturated heterocycles. The van der Waals surface area contributed by atoms with Crippen molar-refractivity contribution in [3.05, 3.63) is 55.1 Å². The molecular formula is C18H29NOSi. The minimum Gasteiger partial charge on any atom is -0.406 e. The Morgan fingerprint density at radius 1 is 1.24 bits per heavy atom. The Morgan fingerprint density at radius 2 is 1.86 bits per heavy atom. The molecule has 0 spiro atoms. The topological polar surface area (TPSA) is 21.3 Å². The highest BCUT2D eigenvalue weighted by molar-refractivity contribution is 6.74. The highest BCUT2D eigenvalue weighted by atomic mass is 28.4. The third-order valence-corrected chi connectivity index (χ3v) is 8.60. The van der Waals surface area contributed by atoms with E-state index >= 15 is 0 Å². The van der Waals surface area contributed by atoms with Gasteiger partial charge in [0.1, 0.15) is 0 Å². The normalized spacial score (nSPS) is 13.6. The van der Waals surface area contributed by atoms with E-state index in [-0.39, 0.29) is 11.1 Å². The zero-order valence-corrected chi connectivity index (χ0v) is 15.1. The minimum absolute atomic E-state index is 0.0839. The summed E-state index contributed by atoms with van der Waals surface area (Å²) in [7, 11) is -1.85. The molecule has 21 heavy (non-hydrogen) atoms. The van der Waals surface area contributed by atoms with Crippen molar-refractivity contribution in [2.45, 2.75) is 45.0 Å². The fourth-order valence-electron chi connectivity index (χ4n) is 1.82. The van der Waals surface area contributed by atoms with E-state index < -0.39 is 8.32 Å². The first kappa shape index (κ1) is 17.7. The van der Waals surface area contributed by atoms with Crippen LogP contribution in [0.15, 0.2) is 49.6 Å². The van der Waals surface area contributed by atoms with Gasteiger partial charge in [-0.05, 0) is 24.2 Å². The fourth-order valence-corrected chi connectivity index (χ4v) is 3.03. The summed E-state index contributed by atoms with van der Waals surface area (Å²) < 4.78 is 6.51. The maximum absolute atomic E-state index is 6.51. The van der Waals surface area contributed by atoms with E-state index in [1.165, 1.54) is 0 Å². The Labute approximate surface area is 131 Å². The SMILES string of the molecule is C=CCNc1ccccc1C(C=C)O[Si](C)(C)C(C)(C)C. The Bertz CT molecular complexity index is 488. The number of nitrogens with one attached hydrogen (secondary N) is 1. The number of benzene rings is 1. The van der Waals surface area contributed by atoms with Crippen LogP contribution in [0, 0.1) is 0 Å². The van der Waals surface area contributed by atoms with Crippen LogP contribution in [0.2, 0.25) is 18.1 Å². The van der Waals surface area contributed by atoms with Gasteiger partial charge in [0.2, 0.25) is 0 Å². The zero-order chi connectivity index (χ0) is 16.1. The van der Waals surface area contributed by atoms with Crippen molar-refractivity contribution in [3.63, 3.8) is 0 Å². The first-order valence-corrected chi connectivity index (χ1v) is 10.4. The van der Waals surface area contributed by atoms with Gasteiger partial charge in [0.25, 0.3) is 0 Å². The molecule has 1 aromatic carbocycles. The third kappa shape index (κ3) is 4.58. The van der Waals surface area contributed by atoms with Gasteiger partial charge < -0.3 is 9.74 Å². The van der Waals surface area contributed by atoms with E-state index in [0.717, 1.165) is 17.8 Å². The van der Waals surface area contributed by atoms with Crippen molar-refractivity contribution in [2.24, 2.45) is 0 Å². The lowest BCUT2D eigenvalue weighted by atomic mass is 10.1. The summed E-state index contributed by atoms with van der Waals surface area (Å²) in [6, 6.07) is 8.25. The molecule has 1 rings (SSSR count). The lowest BCUT2D eigenvalue weighted by molar-refractivity contribution is 0.230. The van der Waals surface area contributed by atoms with Gasteiger partial charge in [-0.1, -0.05) is 51.1 Å². The molecule has 0 amide bonds. The van der Waals surface area contributed by atoms with Crippen LogP contribution in [0.4, 0.5) is 5.69 Å². The first-order valence-electron chi connectivity index (χ1n) is 7.47. The second-order valence-corrected chi connectivity index (χ2v) is 11.5. The predicted molar refractivity (Wildman–Crippen MR) is 96.3 cm³/mol. The quantitative estimate of drug-likeness (QED) is 0.528. The Morgan fingerprint density at radius 3 is 2.38 bits per heavy atom. The predicted octanol–water partition coefficient (Wildman–Crippen LogP) is 5.53. The molecule has 3 heteroatoms. The summed E-state index contributed by atoms with van der Waals surface area (Å²) in [4.78, 5) is 0. The summed E-state index contributed by atoms with van der Waals surface area (Å²) >= 11 is 0. The highest BCUT2D eigenvalue weighted by Crippen LogP contribution is 2.40. The van der Waals surface area contributed by atoms with E-state index in [4.69, 9.17) is 4.43 Å². The van der Waals surface area contributed by atoms with E-state index in [1.807, 2.05) is 24.3 Å². The Kier molecular flexibility index (Phi) is 5.99. The van der Waals surface area contributed by atoms with Crippen molar-refractivity contribution in [2.75, 3.05) is 11.9 Å². The summed E-state index contributed by atoms with van der Waals surface area (Å²) in [6.07, 6.45) is 3.67. The minimum atomic E-state index is -1.85. The molecule has 0 saturated carbocycles. The molecular weight excluding hydrogens is 274 g/mol. The Hall–Kier alpha value is -1.32. The second-order valence-electron chi connectivity index (χ2n) is 6.79. The third-order valence-electron chi connectivity index (χ3n) is 4.15. The summed E-state index contributed by atoms with van der Waals surface area (Å²) in [5, 5.41) is 3.55. The molecule has 0 aliphatic carbocycles. The smallest absolute Gasteiger partial charge is 0.193 e.